The van der Waals surface area contributed by atoms with E-state index in [0.29, 0.717) is 5.41 Å². The third-order valence-corrected chi connectivity index (χ3v) is 1.72. The van der Waals surface area contributed by atoms with E-state index in [1.807, 2.05) is 0 Å². The Morgan fingerprint density at radius 3 is 2.09 bits per heavy atom. The maximum absolute atomic E-state index is 5.52. The first kappa shape index (κ1) is 11.0. The van der Waals surface area contributed by atoms with Crippen LogP contribution in [0.1, 0.15) is 40.0 Å². The van der Waals surface area contributed by atoms with Gasteiger partial charge in [-0.25, -0.2) is 0 Å². The first-order valence-corrected chi connectivity index (χ1v) is 4.81. The summed E-state index contributed by atoms with van der Waals surface area (Å²) in [5.74, 6) is 0.742. The predicted molar refractivity (Wildman–Crippen MR) is 53.2 cm³/mol. The molecule has 0 bridgehead atoms. The van der Waals surface area contributed by atoms with E-state index in [1.54, 1.807) is 0 Å². The van der Waals surface area contributed by atoms with Gasteiger partial charge < -0.3 is 0 Å². The van der Waals surface area contributed by atoms with Gasteiger partial charge in [-0.05, 0) is 24.7 Å². The van der Waals surface area contributed by atoms with Crippen LogP contribution in [-0.2, 0) is 0 Å². The number of rotatable bonds is 4. The normalized spacial score (nSPS) is 12.7. The van der Waals surface area contributed by atoms with Gasteiger partial charge in [0.25, 0.3) is 0 Å². The van der Waals surface area contributed by atoms with Crippen LogP contribution in [0.3, 0.4) is 0 Å². The summed E-state index contributed by atoms with van der Waals surface area (Å²) in [4.78, 5) is 0. The van der Waals surface area contributed by atoms with Gasteiger partial charge >= 0.3 is 0 Å². The molecule has 0 saturated carbocycles. The minimum atomic E-state index is 0.464. The smallest absolute Gasteiger partial charge is 0.0257 e. The number of halogens is 1. The molecule has 0 rings (SSSR count). The van der Waals surface area contributed by atoms with E-state index in [4.69, 9.17) is 11.6 Å². The highest BCUT2D eigenvalue weighted by Gasteiger charge is 2.07. The second-order valence-electron chi connectivity index (χ2n) is 4.05. The zero-order valence-corrected chi connectivity index (χ0v) is 8.62. The lowest BCUT2D eigenvalue weighted by Gasteiger charge is -2.15. The lowest BCUT2D eigenvalue weighted by molar-refractivity contribution is 0.381. The van der Waals surface area contributed by atoms with Crippen molar-refractivity contribution in [3.8, 4) is 0 Å². The largest absolute Gasteiger partial charge is 0.126 e. The first-order valence-electron chi connectivity index (χ1n) is 4.27. The van der Waals surface area contributed by atoms with Crippen LogP contribution in [0.2, 0.25) is 0 Å². The van der Waals surface area contributed by atoms with Crippen LogP contribution in [0.4, 0.5) is 0 Å². The summed E-state index contributed by atoms with van der Waals surface area (Å²) in [7, 11) is 0. The van der Waals surface area contributed by atoms with Gasteiger partial charge in [-0.1, -0.05) is 32.9 Å². The van der Waals surface area contributed by atoms with Crippen molar-refractivity contribution in [3.05, 3.63) is 12.2 Å². The van der Waals surface area contributed by atoms with Crippen LogP contribution in [0.15, 0.2) is 12.2 Å². The topological polar surface area (TPSA) is 0 Å². The zero-order valence-electron chi connectivity index (χ0n) is 7.86. The molecule has 0 heterocycles. The van der Waals surface area contributed by atoms with E-state index < -0.39 is 0 Å². The fraction of sp³-hybridized carbons (Fsp3) is 0.800. The van der Waals surface area contributed by atoms with E-state index in [0.717, 1.165) is 12.3 Å². The lowest BCUT2D eigenvalue weighted by atomic mass is 9.90. The summed E-state index contributed by atoms with van der Waals surface area (Å²) in [6, 6.07) is 0. The maximum Gasteiger partial charge on any atom is 0.0257 e. The summed E-state index contributed by atoms with van der Waals surface area (Å²) in [5.41, 5.74) is 0.464. The van der Waals surface area contributed by atoms with E-state index >= 15 is 0 Å². The quantitative estimate of drug-likeness (QED) is 0.447. The van der Waals surface area contributed by atoms with Crippen molar-refractivity contribution in [1.29, 1.82) is 0 Å². The molecular formula is C10H19Cl. The molecule has 0 N–H and O–H groups in total. The van der Waals surface area contributed by atoms with Crippen LogP contribution in [0.5, 0.6) is 0 Å². The van der Waals surface area contributed by atoms with Crippen molar-refractivity contribution in [2.24, 2.45) is 5.41 Å². The van der Waals surface area contributed by atoms with Crippen LogP contribution in [-0.4, -0.2) is 5.88 Å². The Balaban J connectivity index is 3.27. The minimum absolute atomic E-state index is 0.464. The van der Waals surface area contributed by atoms with Crippen LogP contribution < -0.4 is 0 Å². The van der Waals surface area contributed by atoms with Crippen molar-refractivity contribution in [1.82, 2.24) is 0 Å². The monoisotopic (exact) mass is 174 g/mol. The highest BCUT2D eigenvalue weighted by molar-refractivity contribution is 6.17. The van der Waals surface area contributed by atoms with Gasteiger partial charge in [-0.3, -0.25) is 0 Å². The Kier molecular flexibility index (Phi) is 5.67. The zero-order chi connectivity index (χ0) is 8.74. The molecule has 0 aromatic heterocycles. The fourth-order valence-corrected chi connectivity index (χ4v) is 0.941. The van der Waals surface area contributed by atoms with Crippen molar-refractivity contribution in [3.63, 3.8) is 0 Å². The first-order chi connectivity index (χ1) is 5.06. The number of hydrogen-bond donors (Lipinski definition) is 0. The van der Waals surface area contributed by atoms with Crippen molar-refractivity contribution < 1.29 is 0 Å². The Labute approximate surface area is 75.6 Å². The lowest BCUT2D eigenvalue weighted by Crippen LogP contribution is -2.02. The van der Waals surface area contributed by atoms with Gasteiger partial charge in [0.2, 0.25) is 0 Å². The Morgan fingerprint density at radius 1 is 1.09 bits per heavy atom. The molecule has 0 fully saturated rings. The molecule has 0 nitrogen and oxygen atoms in total. The molecule has 0 spiro atoms. The van der Waals surface area contributed by atoms with Gasteiger partial charge in [-0.15, -0.1) is 11.6 Å². The molecule has 0 atom stereocenters. The van der Waals surface area contributed by atoms with Gasteiger partial charge in [0, 0.05) is 5.88 Å². The molecule has 66 valence electrons. The third-order valence-electron chi connectivity index (χ3n) is 1.50. The fourth-order valence-electron chi connectivity index (χ4n) is 0.815. The molecule has 0 radical (unpaired) electrons. The van der Waals surface area contributed by atoms with Crippen LogP contribution >= 0.6 is 11.6 Å². The van der Waals surface area contributed by atoms with E-state index in [-0.39, 0.29) is 0 Å². The predicted octanol–water partition coefficient (Wildman–Crippen LogP) is 4.00. The molecule has 0 aliphatic heterocycles. The standard InChI is InChI=1S/C10H19Cl/c1-10(2,3)8-6-4-5-7-9-11/h4-5H,6-9H2,1-3H3. The van der Waals surface area contributed by atoms with E-state index in [2.05, 4.69) is 32.9 Å². The molecule has 0 unspecified atom stereocenters. The van der Waals surface area contributed by atoms with Gasteiger partial charge in [-0.2, -0.15) is 0 Å². The Morgan fingerprint density at radius 2 is 1.64 bits per heavy atom. The summed E-state index contributed by atoms with van der Waals surface area (Å²) in [6.45, 7) is 6.80. The van der Waals surface area contributed by atoms with E-state index in [9.17, 15) is 0 Å². The summed E-state index contributed by atoms with van der Waals surface area (Å²) in [6.07, 6.45) is 7.84. The molecule has 0 aliphatic carbocycles. The number of allylic oxidation sites excluding steroid dienone is 2. The molecule has 0 saturated heterocycles. The summed E-state index contributed by atoms with van der Waals surface area (Å²) >= 11 is 5.52. The molecule has 0 aromatic carbocycles. The van der Waals surface area contributed by atoms with Crippen LogP contribution in [0.25, 0.3) is 0 Å². The van der Waals surface area contributed by atoms with Crippen LogP contribution in [0, 0.1) is 5.41 Å². The minimum Gasteiger partial charge on any atom is -0.126 e. The highest BCUT2D eigenvalue weighted by Crippen LogP contribution is 2.20. The summed E-state index contributed by atoms with van der Waals surface area (Å²) in [5, 5.41) is 0. The van der Waals surface area contributed by atoms with Gasteiger partial charge in [0.1, 0.15) is 0 Å². The molecule has 0 aromatic rings. The Hall–Kier alpha value is 0.0300. The molecular weight excluding hydrogens is 156 g/mol. The number of hydrogen-bond acceptors (Lipinski definition) is 0. The molecule has 11 heavy (non-hydrogen) atoms. The third kappa shape index (κ3) is 10.0. The molecule has 0 amide bonds. The van der Waals surface area contributed by atoms with Gasteiger partial charge in [0.05, 0.1) is 0 Å². The SMILES string of the molecule is CC(C)(C)CCC=CCCCl. The number of alkyl halides is 1. The molecule has 0 aliphatic rings. The van der Waals surface area contributed by atoms with E-state index in [1.165, 1.54) is 12.8 Å². The van der Waals surface area contributed by atoms with Crippen molar-refractivity contribution in [2.75, 3.05) is 5.88 Å². The average Bonchev–Trinajstić information content (AvgIpc) is 1.85. The second kappa shape index (κ2) is 5.65. The Bertz CT molecular complexity index is 109. The van der Waals surface area contributed by atoms with Crippen molar-refractivity contribution >= 4 is 11.6 Å². The molecule has 1 heteroatoms. The average molecular weight is 175 g/mol. The van der Waals surface area contributed by atoms with Crippen molar-refractivity contribution in [2.45, 2.75) is 40.0 Å². The second-order valence-corrected chi connectivity index (χ2v) is 4.43. The highest BCUT2D eigenvalue weighted by atomic mass is 35.5. The maximum atomic E-state index is 5.52. The van der Waals surface area contributed by atoms with Gasteiger partial charge in [0.15, 0.2) is 0 Å². The summed E-state index contributed by atoms with van der Waals surface area (Å²) < 4.78 is 0.